The Balaban J connectivity index is 2.19. The first-order valence-corrected chi connectivity index (χ1v) is 6.42. The number of aryl methyl sites for hydroxylation is 1. The van der Waals surface area contributed by atoms with E-state index in [1.807, 2.05) is 0 Å². The minimum absolute atomic E-state index is 0.0579. The first-order valence-electron chi connectivity index (χ1n) is 6.01. The molecule has 3 N–H and O–H groups in total. The smallest absolute Gasteiger partial charge is 0.294 e. The van der Waals surface area contributed by atoms with Crippen LogP contribution in [-0.4, -0.2) is 33.7 Å². The lowest BCUT2D eigenvalue weighted by Gasteiger charge is -2.08. The SMILES string of the molecule is Cc1ccc(NC(=O)C(=O)[C@@H]2NC(=S)NC2=O)c([N+](=O)[O-])c1. The maximum absolute atomic E-state index is 11.9. The van der Waals surface area contributed by atoms with E-state index in [4.69, 9.17) is 0 Å². The van der Waals surface area contributed by atoms with Gasteiger partial charge in [0.25, 0.3) is 23.3 Å². The summed E-state index contributed by atoms with van der Waals surface area (Å²) in [7, 11) is 0. The molecule has 10 heteroatoms. The van der Waals surface area contributed by atoms with Crippen LogP contribution in [0.25, 0.3) is 0 Å². The van der Waals surface area contributed by atoms with Gasteiger partial charge in [0.2, 0.25) is 0 Å². The van der Waals surface area contributed by atoms with Gasteiger partial charge in [0.1, 0.15) is 5.69 Å². The summed E-state index contributed by atoms with van der Waals surface area (Å²) in [4.78, 5) is 45.5. The molecule has 1 aromatic rings. The number of carbonyl (C=O) groups is 3. The monoisotopic (exact) mass is 322 g/mol. The van der Waals surface area contributed by atoms with Gasteiger partial charge in [0.15, 0.2) is 11.2 Å². The molecule has 2 amide bonds. The number of nitrogens with one attached hydrogen (secondary N) is 3. The van der Waals surface area contributed by atoms with Crippen LogP contribution in [0.2, 0.25) is 0 Å². The van der Waals surface area contributed by atoms with Gasteiger partial charge in [-0.25, -0.2) is 0 Å². The number of carbonyl (C=O) groups excluding carboxylic acids is 3. The van der Waals surface area contributed by atoms with E-state index < -0.39 is 28.6 Å². The van der Waals surface area contributed by atoms with Crippen LogP contribution in [0.15, 0.2) is 18.2 Å². The molecule has 1 aliphatic rings. The molecule has 1 atom stereocenters. The molecule has 0 radical (unpaired) electrons. The Labute approximate surface area is 129 Å². The number of anilines is 1. The van der Waals surface area contributed by atoms with Gasteiger partial charge in [-0.05, 0) is 30.8 Å². The number of amides is 2. The summed E-state index contributed by atoms with van der Waals surface area (Å²) in [5.74, 6) is -2.99. The molecule has 1 aliphatic heterocycles. The zero-order valence-corrected chi connectivity index (χ0v) is 12.0. The normalized spacial score (nSPS) is 16.7. The predicted octanol–water partition coefficient (Wildman–Crippen LogP) is -0.216. The largest absolute Gasteiger partial charge is 0.344 e. The fourth-order valence-corrected chi connectivity index (χ4v) is 2.03. The first kappa shape index (κ1) is 15.5. The van der Waals surface area contributed by atoms with Crippen molar-refractivity contribution in [1.29, 1.82) is 0 Å². The van der Waals surface area contributed by atoms with Crippen LogP contribution in [0.3, 0.4) is 0 Å². The topological polar surface area (TPSA) is 130 Å². The maximum atomic E-state index is 11.9. The molecule has 0 aromatic heterocycles. The lowest BCUT2D eigenvalue weighted by molar-refractivity contribution is -0.384. The lowest BCUT2D eigenvalue weighted by Crippen LogP contribution is -2.43. The fourth-order valence-electron chi connectivity index (χ4n) is 1.81. The van der Waals surface area contributed by atoms with Crippen molar-refractivity contribution in [3.05, 3.63) is 33.9 Å². The van der Waals surface area contributed by atoms with Crippen molar-refractivity contribution in [3.63, 3.8) is 0 Å². The molecule has 0 saturated carbocycles. The van der Waals surface area contributed by atoms with Crippen molar-refractivity contribution in [2.75, 3.05) is 5.32 Å². The summed E-state index contributed by atoms with van der Waals surface area (Å²) >= 11 is 4.66. The Kier molecular flexibility index (Phi) is 4.13. The van der Waals surface area contributed by atoms with Crippen molar-refractivity contribution in [2.24, 2.45) is 0 Å². The van der Waals surface area contributed by atoms with E-state index in [1.165, 1.54) is 12.1 Å². The first-order chi connectivity index (χ1) is 10.3. The van der Waals surface area contributed by atoms with E-state index in [0.717, 1.165) is 0 Å². The minimum Gasteiger partial charge on any atom is -0.344 e. The van der Waals surface area contributed by atoms with Gasteiger partial charge in [0, 0.05) is 6.07 Å². The molecule has 0 bridgehead atoms. The van der Waals surface area contributed by atoms with Gasteiger partial charge in [-0.15, -0.1) is 0 Å². The van der Waals surface area contributed by atoms with E-state index >= 15 is 0 Å². The Morgan fingerprint density at radius 2 is 2.09 bits per heavy atom. The highest BCUT2D eigenvalue weighted by molar-refractivity contribution is 7.80. The second-order valence-corrected chi connectivity index (χ2v) is 4.90. The molecule has 0 unspecified atom stereocenters. The summed E-state index contributed by atoms with van der Waals surface area (Å²) in [5.41, 5.74) is 0.147. The number of benzene rings is 1. The quantitative estimate of drug-likeness (QED) is 0.230. The van der Waals surface area contributed by atoms with Gasteiger partial charge in [-0.3, -0.25) is 24.5 Å². The fraction of sp³-hybridized carbons (Fsp3) is 0.167. The number of nitro groups is 1. The zero-order chi connectivity index (χ0) is 16.4. The highest BCUT2D eigenvalue weighted by Crippen LogP contribution is 2.25. The molecule has 0 spiro atoms. The van der Waals surface area contributed by atoms with Crippen molar-refractivity contribution in [3.8, 4) is 0 Å². The summed E-state index contributed by atoms with van der Waals surface area (Å²) in [6, 6.07) is 2.68. The van der Waals surface area contributed by atoms with Crippen molar-refractivity contribution in [2.45, 2.75) is 13.0 Å². The number of thiocarbonyl (C=S) groups is 1. The van der Waals surface area contributed by atoms with Crippen LogP contribution in [-0.2, 0) is 14.4 Å². The average Bonchev–Trinajstić information content (AvgIpc) is 2.78. The maximum Gasteiger partial charge on any atom is 0.294 e. The Hall–Kier alpha value is -2.88. The number of ketones is 1. The number of hydrogen-bond acceptors (Lipinski definition) is 6. The van der Waals surface area contributed by atoms with E-state index in [9.17, 15) is 24.5 Å². The number of rotatable bonds is 4. The van der Waals surface area contributed by atoms with Crippen LogP contribution < -0.4 is 16.0 Å². The molecule has 1 fully saturated rings. The van der Waals surface area contributed by atoms with Gasteiger partial charge in [-0.2, -0.15) is 0 Å². The summed E-state index contributed by atoms with van der Waals surface area (Å²) in [5, 5.41) is 17.6. The van der Waals surface area contributed by atoms with E-state index in [2.05, 4.69) is 28.2 Å². The summed E-state index contributed by atoms with van der Waals surface area (Å²) in [6.07, 6.45) is 0. The van der Waals surface area contributed by atoms with E-state index in [1.54, 1.807) is 13.0 Å². The van der Waals surface area contributed by atoms with E-state index in [-0.39, 0.29) is 16.5 Å². The molecule has 1 aromatic carbocycles. The number of Topliss-reactive ketones (excluding diaryl/α,β-unsaturated/α-hetero) is 1. The van der Waals surface area contributed by atoms with Crippen LogP contribution in [0.1, 0.15) is 5.56 Å². The molecular weight excluding hydrogens is 312 g/mol. The Bertz CT molecular complexity index is 717. The minimum atomic E-state index is -1.43. The second-order valence-electron chi connectivity index (χ2n) is 4.49. The molecule has 9 nitrogen and oxygen atoms in total. The molecular formula is C12H10N4O5S. The molecule has 1 heterocycles. The van der Waals surface area contributed by atoms with Crippen LogP contribution in [0.5, 0.6) is 0 Å². The van der Waals surface area contributed by atoms with Crippen molar-refractivity contribution >= 4 is 46.3 Å². The number of hydrogen-bond donors (Lipinski definition) is 3. The van der Waals surface area contributed by atoms with Crippen LogP contribution in [0.4, 0.5) is 11.4 Å². The summed E-state index contributed by atoms with van der Waals surface area (Å²) < 4.78 is 0. The van der Waals surface area contributed by atoms with Crippen molar-refractivity contribution < 1.29 is 19.3 Å². The molecule has 22 heavy (non-hydrogen) atoms. The van der Waals surface area contributed by atoms with Crippen LogP contribution in [0, 0.1) is 17.0 Å². The van der Waals surface area contributed by atoms with Crippen LogP contribution >= 0.6 is 12.2 Å². The average molecular weight is 322 g/mol. The zero-order valence-electron chi connectivity index (χ0n) is 11.2. The third-order valence-corrected chi connectivity index (χ3v) is 3.08. The number of nitro benzene ring substituents is 1. The summed E-state index contributed by atoms with van der Waals surface area (Å²) in [6.45, 7) is 1.65. The van der Waals surface area contributed by atoms with Gasteiger partial charge in [0.05, 0.1) is 4.92 Å². The standard InChI is InChI=1S/C12H10N4O5S/c1-5-2-3-6(7(4-5)16(20)21)13-11(19)9(17)8-10(18)15-12(22)14-8/h2-4,8H,1H3,(H,13,19)(H2,14,15,18,22)/t8-/m0/s1. The molecule has 0 aliphatic carbocycles. The highest BCUT2D eigenvalue weighted by atomic mass is 32.1. The third-order valence-electron chi connectivity index (χ3n) is 2.86. The van der Waals surface area contributed by atoms with Crippen molar-refractivity contribution in [1.82, 2.24) is 10.6 Å². The van der Waals surface area contributed by atoms with Gasteiger partial charge in [-0.1, -0.05) is 6.07 Å². The highest BCUT2D eigenvalue weighted by Gasteiger charge is 2.37. The van der Waals surface area contributed by atoms with Gasteiger partial charge < -0.3 is 16.0 Å². The second kappa shape index (κ2) is 5.85. The molecule has 2 rings (SSSR count). The predicted molar refractivity (Wildman–Crippen MR) is 79.1 cm³/mol. The molecule has 1 saturated heterocycles. The van der Waals surface area contributed by atoms with Gasteiger partial charge >= 0.3 is 0 Å². The Morgan fingerprint density at radius 3 is 2.64 bits per heavy atom. The lowest BCUT2D eigenvalue weighted by atomic mass is 10.1. The molecule has 114 valence electrons. The Morgan fingerprint density at radius 1 is 1.41 bits per heavy atom. The third kappa shape index (κ3) is 3.06. The van der Waals surface area contributed by atoms with E-state index in [0.29, 0.717) is 5.56 Å². The number of nitrogens with zero attached hydrogens (tertiary/aromatic N) is 1.